The van der Waals surface area contributed by atoms with E-state index >= 15 is 0 Å². The van der Waals surface area contributed by atoms with Gasteiger partial charge in [0.25, 0.3) is 10.0 Å². The van der Waals surface area contributed by atoms with Crippen LogP contribution in [0.1, 0.15) is 25.0 Å². The van der Waals surface area contributed by atoms with Crippen molar-refractivity contribution in [1.82, 2.24) is 10.2 Å². The molecule has 0 heterocycles. The number of hydrogen-bond donors (Lipinski definition) is 1. The summed E-state index contributed by atoms with van der Waals surface area (Å²) in [4.78, 5) is 29.8. The van der Waals surface area contributed by atoms with E-state index in [1.165, 1.54) is 24.1 Å². The molecule has 0 unspecified atom stereocenters. The number of methoxy groups -OCH3 is 1. The van der Waals surface area contributed by atoms with Crippen LogP contribution < -0.4 is 14.4 Å². The summed E-state index contributed by atoms with van der Waals surface area (Å²) in [6.45, 7) is 3.22. The highest BCUT2D eigenvalue weighted by molar-refractivity contribution is 9.10. The molecule has 0 aliphatic rings. The summed E-state index contributed by atoms with van der Waals surface area (Å²) in [6.07, 6.45) is 0.235. The molecule has 44 heavy (non-hydrogen) atoms. The number of halogens is 1. The second-order valence-electron chi connectivity index (χ2n) is 10.5. The monoisotopic (exact) mass is 677 g/mol. The molecule has 230 valence electrons. The Labute approximate surface area is 267 Å². The van der Waals surface area contributed by atoms with Crippen LogP contribution in [-0.4, -0.2) is 50.9 Å². The molecular formula is C34H36BrN3O5S. The number of benzene rings is 4. The van der Waals surface area contributed by atoms with Crippen molar-refractivity contribution >= 4 is 43.5 Å². The Kier molecular flexibility index (Phi) is 11.2. The van der Waals surface area contributed by atoms with E-state index in [1.807, 2.05) is 68.4 Å². The van der Waals surface area contributed by atoms with E-state index in [4.69, 9.17) is 4.74 Å². The van der Waals surface area contributed by atoms with Crippen LogP contribution in [0.15, 0.2) is 119 Å². The third kappa shape index (κ3) is 8.27. The molecule has 4 aromatic rings. The van der Waals surface area contributed by atoms with Crippen LogP contribution in [0.25, 0.3) is 0 Å². The Morgan fingerprint density at radius 3 is 2.09 bits per heavy atom. The fraction of sp³-hybridized carbons (Fsp3) is 0.235. The standard InChI is InChI=1S/C34H36BrN3O5S/c1-25(2)36-34(40)31(22-26-13-6-4-7-14-26)37(23-27-15-12-16-28(35)21-27)33(39)24-38(30-19-10-11-20-32(30)43-3)44(41,42)29-17-8-5-9-18-29/h4-21,25,31H,22-24H2,1-3H3,(H,36,40)/t31-/m0/s1. The van der Waals surface area contributed by atoms with Gasteiger partial charge in [0.05, 0.1) is 17.7 Å². The van der Waals surface area contributed by atoms with Crippen molar-refractivity contribution in [2.45, 2.75) is 43.8 Å². The van der Waals surface area contributed by atoms with Crippen LogP contribution in [0.3, 0.4) is 0 Å². The number of nitrogens with one attached hydrogen (secondary N) is 1. The maximum atomic E-state index is 14.5. The zero-order valence-corrected chi connectivity index (χ0v) is 27.3. The van der Waals surface area contributed by atoms with Crippen molar-refractivity contribution in [2.24, 2.45) is 0 Å². The van der Waals surface area contributed by atoms with Crippen molar-refractivity contribution in [2.75, 3.05) is 18.0 Å². The van der Waals surface area contributed by atoms with Gasteiger partial charge in [-0.2, -0.15) is 0 Å². The average Bonchev–Trinajstić information content (AvgIpc) is 3.02. The molecule has 0 bridgehead atoms. The lowest BCUT2D eigenvalue weighted by Crippen LogP contribution is -2.54. The van der Waals surface area contributed by atoms with Crippen LogP contribution >= 0.6 is 15.9 Å². The van der Waals surface area contributed by atoms with Crippen molar-refractivity contribution < 1.29 is 22.7 Å². The minimum Gasteiger partial charge on any atom is -0.495 e. The molecule has 8 nitrogen and oxygen atoms in total. The molecule has 4 rings (SSSR count). The first-order valence-corrected chi connectivity index (χ1v) is 16.4. The highest BCUT2D eigenvalue weighted by atomic mass is 79.9. The summed E-state index contributed by atoms with van der Waals surface area (Å²) >= 11 is 3.50. The van der Waals surface area contributed by atoms with Gasteiger partial charge in [0, 0.05) is 23.5 Å². The summed E-state index contributed by atoms with van der Waals surface area (Å²) in [7, 11) is -2.78. The second-order valence-corrected chi connectivity index (χ2v) is 13.3. The number of nitrogens with zero attached hydrogens (tertiary/aromatic N) is 2. The van der Waals surface area contributed by atoms with Gasteiger partial charge in [0.2, 0.25) is 11.8 Å². The molecule has 0 saturated carbocycles. The van der Waals surface area contributed by atoms with Gasteiger partial charge >= 0.3 is 0 Å². The van der Waals surface area contributed by atoms with Gasteiger partial charge in [0.15, 0.2) is 0 Å². The number of anilines is 1. The maximum Gasteiger partial charge on any atom is 0.264 e. The average molecular weight is 679 g/mol. The van der Waals surface area contributed by atoms with Gasteiger partial charge in [0.1, 0.15) is 18.3 Å². The van der Waals surface area contributed by atoms with Crippen LogP contribution in [0.5, 0.6) is 5.75 Å². The molecule has 4 aromatic carbocycles. The summed E-state index contributed by atoms with van der Waals surface area (Å²) in [5.74, 6) is -0.589. The van der Waals surface area contributed by atoms with E-state index < -0.39 is 28.5 Å². The molecule has 0 fully saturated rings. The first-order chi connectivity index (χ1) is 21.1. The number of amides is 2. The number of carbonyl (C=O) groups excluding carboxylic acids is 2. The topological polar surface area (TPSA) is 96.0 Å². The van der Waals surface area contributed by atoms with Gasteiger partial charge in [-0.1, -0.05) is 88.7 Å². The molecule has 0 radical (unpaired) electrons. The molecule has 0 aliphatic carbocycles. The van der Waals surface area contributed by atoms with Crippen molar-refractivity contribution in [3.63, 3.8) is 0 Å². The molecule has 0 saturated heterocycles. The lowest BCUT2D eigenvalue weighted by atomic mass is 10.0. The Morgan fingerprint density at radius 1 is 0.841 bits per heavy atom. The third-order valence-electron chi connectivity index (χ3n) is 6.91. The molecule has 10 heteroatoms. The SMILES string of the molecule is COc1ccccc1N(CC(=O)N(Cc1cccc(Br)c1)[C@@H](Cc1ccccc1)C(=O)NC(C)C)S(=O)(=O)c1ccccc1. The van der Waals surface area contributed by atoms with Gasteiger partial charge in [-0.25, -0.2) is 8.42 Å². The van der Waals surface area contributed by atoms with Crippen molar-refractivity contribution in [3.05, 3.63) is 125 Å². The van der Waals surface area contributed by atoms with E-state index in [0.717, 1.165) is 19.9 Å². The zero-order chi connectivity index (χ0) is 31.7. The lowest BCUT2D eigenvalue weighted by molar-refractivity contribution is -0.140. The van der Waals surface area contributed by atoms with E-state index in [1.54, 1.807) is 42.5 Å². The predicted molar refractivity (Wildman–Crippen MR) is 176 cm³/mol. The third-order valence-corrected chi connectivity index (χ3v) is 9.18. The minimum absolute atomic E-state index is 0.0237. The molecule has 0 spiro atoms. The van der Waals surface area contributed by atoms with Crippen LogP contribution in [-0.2, 0) is 32.6 Å². The molecule has 1 N–H and O–H groups in total. The summed E-state index contributed by atoms with van der Waals surface area (Å²) in [5.41, 5.74) is 1.85. The first-order valence-electron chi connectivity index (χ1n) is 14.2. The van der Waals surface area contributed by atoms with E-state index in [-0.39, 0.29) is 41.2 Å². The van der Waals surface area contributed by atoms with Crippen LogP contribution in [0.2, 0.25) is 0 Å². The Morgan fingerprint density at radius 2 is 1.45 bits per heavy atom. The van der Waals surface area contributed by atoms with Gasteiger partial charge in [-0.15, -0.1) is 0 Å². The smallest absolute Gasteiger partial charge is 0.264 e. The number of hydrogen-bond acceptors (Lipinski definition) is 5. The Bertz CT molecular complexity index is 1670. The van der Waals surface area contributed by atoms with Crippen LogP contribution in [0, 0.1) is 0 Å². The number of para-hydroxylation sites is 2. The lowest BCUT2D eigenvalue weighted by Gasteiger charge is -2.34. The first kappa shape index (κ1) is 32.8. The molecule has 0 aliphatic heterocycles. The van der Waals surface area contributed by atoms with E-state index in [9.17, 15) is 18.0 Å². The fourth-order valence-electron chi connectivity index (χ4n) is 4.84. The highest BCUT2D eigenvalue weighted by Gasteiger charge is 2.35. The fourth-order valence-corrected chi connectivity index (χ4v) is 6.73. The quantitative estimate of drug-likeness (QED) is 0.193. The minimum atomic E-state index is -4.22. The predicted octanol–water partition coefficient (Wildman–Crippen LogP) is 5.82. The van der Waals surface area contributed by atoms with Gasteiger partial charge < -0.3 is 15.0 Å². The number of sulfonamides is 1. The maximum absolute atomic E-state index is 14.5. The Hall–Kier alpha value is -4.15. The normalized spacial score (nSPS) is 11.9. The van der Waals surface area contributed by atoms with E-state index in [2.05, 4.69) is 21.2 Å². The van der Waals surface area contributed by atoms with Gasteiger partial charge in [-0.05, 0) is 61.4 Å². The highest BCUT2D eigenvalue weighted by Crippen LogP contribution is 2.32. The molecular weight excluding hydrogens is 642 g/mol. The second kappa shape index (κ2) is 15.0. The largest absolute Gasteiger partial charge is 0.495 e. The molecule has 1 atom stereocenters. The van der Waals surface area contributed by atoms with E-state index in [0.29, 0.717) is 0 Å². The van der Waals surface area contributed by atoms with Crippen molar-refractivity contribution in [1.29, 1.82) is 0 Å². The van der Waals surface area contributed by atoms with Gasteiger partial charge in [-0.3, -0.25) is 13.9 Å². The number of ether oxygens (including phenoxy) is 1. The number of carbonyl (C=O) groups is 2. The zero-order valence-electron chi connectivity index (χ0n) is 24.9. The molecule has 2 amide bonds. The summed E-state index contributed by atoms with van der Waals surface area (Å²) in [5, 5.41) is 2.96. The Balaban J connectivity index is 1.83. The van der Waals surface area contributed by atoms with Crippen LogP contribution in [0.4, 0.5) is 5.69 Å². The molecule has 0 aromatic heterocycles. The summed E-state index contributed by atoms with van der Waals surface area (Å²) < 4.78 is 35.6. The summed E-state index contributed by atoms with van der Waals surface area (Å²) in [6, 6.07) is 30.4. The number of rotatable bonds is 13. The van der Waals surface area contributed by atoms with Crippen molar-refractivity contribution in [3.8, 4) is 5.75 Å².